The van der Waals surface area contributed by atoms with Gasteiger partial charge in [0.2, 0.25) is 5.88 Å². The molecule has 2 aromatic carbocycles. The van der Waals surface area contributed by atoms with E-state index in [1.54, 1.807) is 0 Å². The molecule has 3 N–H and O–H groups in total. The topological polar surface area (TPSA) is 129 Å². The Balaban J connectivity index is 1.40. The Labute approximate surface area is 206 Å². The molecule has 0 spiro atoms. The van der Waals surface area contributed by atoms with Gasteiger partial charge in [-0.05, 0) is 49.9 Å². The molecular formula is C27H24N6O3. The number of rotatable bonds is 5. The van der Waals surface area contributed by atoms with E-state index in [9.17, 15) is 9.90 Å². The monoisotopic (exact) mass is 480 g/mol. The van der Waals surface area contributed by atoms with Gasteiger partial charge in [0.1, 0.15) is 23.6 Å². The van der Waals surface area contributed by atoms with Gasteiger partial charge >= 0.3 is 5.97 Å². The molecule has 1 aliphatic carbocycles. The summed E-state index contributed by atoms with van der Waals surface area (Å²) in [6, 6.07) is 19.3. The summed E-state index contributed by atoms with van der Waals surface area (Å²) in [5.74, 6) is 0.535. The molecule has 5 aromatic rings. The lowest BCUT2D eigenvalue weighted by molar-refractivity contribution is -0.143. The van der Waals surface area contributed by atoms with E-state index < -0.39 is 5.97 Å². The minimum Gasteiger partial charge on any atom is -0.481 e. The highest BCUT2D eigenvalue weighted by Crippen LogP contribution is 2.38. The Kier molecular flexibility index (Phi) is 5.44. The maximum Gasteiger partial charge on any atom is 0.306 e. The number of nitrogens with two attached hydrogens (primary N) is 1. The summed E-state index contributed by atoms with van der Waals surface area (Å²) in [6.07, 6.45) is 4.10. The first-order chi connectivity index (χ1) is 17.6. The summed E-state index contributed by atoms with van der Waals surface area (Å²) in [6.45, 7) is 0. The fraction of sp³-hybridized carbons (Fsp3) is 0.222. The molecule has 3 heterocycles. The molecule has 0 bridgehead atoms. The zero-order valence-corrected chi connectivity index (χ0v) is 19.4. The van der Waals surface area contributed by atoms with E-state index in [2.05, 4.69) is 9.97 Å². The number of carboxylic acid groups (broad SMARTS) is 1. The van der Waals surface area contributed by atoms with Crippen molar-refractivity contribution in [3.05, 3.63) is 67.0 Å². The Hall–Kier alpha value is -4.53. The summed E-state index contributed by atoms with van der Waals surface area (Å²) >= 11 is 0. The van der Waals surface area contributed by atoms with E-state index in [1.807, 2.05) is 65.3 Å². The van der Waals surface area contributed by atoms with E-state index in [-0.39, 0.29) is 12.0 Å². The van der Waals surface area contributed by atoms with Crippen molar-refractivity contribution in [3.8, 4) is 22.9 Å². The molecule has 1 saturated carbocycles. The van der Waals surface area contributed by atoms with Crippen molar-refractivity contribution < 1.29 is 14.6 Å². The van der Waals surface area contributed by atoms with Crippen LogP contribution in [0.4, 0.5) is 5.82 Å². The first-order valence-corrected chi connectivity index (χ1v) is 11.9. The molecular weight excluding hydrogens is 456 g/mol. The quantitative estimate of drug-likeness (QED) is 0.350. The molecule has 0 atom stereocenters. The average Bonchev–Trinajstić information content (AvgIpc) is 3.30. The number of carboxylic acids is 1. The summed E-state index contributed by atoms with van der Waals surface area (Å²) < 4.78 is 7.81. The van der Waals surface area contributed by atoms with Gasteiger partial charge in [0, 0.05) is 17.0 Å². The highest BCUT2D eigenvalue weighted by atomic mass is 16.5. The van der Waals surface area contributed by atoms with Crippen LogP contribution < -0.4 is 10.5 Å². The lowest BCUT2D eigenvalue weighted by Gasteiger charge is -2.26. The van der Waals surface area contributed by atoms with Gasteiger partial charge in [-0.3, -0.25) is 4.79 Å². The zero-order valence-electron chi connectivity index (χ0n) is 19.4. The summed E-state index contributed by atoms with van der Waals surface area (Å²) in [5, 5.41) is 16.0. The fourth-order valence-corrected chi connectivity index (χ4v) is 4.93. The van der Waals surface area contributed by atoms with Crippen LogP contribution in [-0.4, -0.2) is 35.8 Å². The minimum absolute atomic E-state index is 0.0515. The van der Waals surface area contributed by atoms with Crippen molar-refractivity contribution in [1.29, 1.82) is 0 Å². The molecule has 36 heavy (non-hydrogen) atoms. The molecule has 0 amide bonds. The van der Waals surface area contributed by atoms with Crippen LogP contribution in [0.3, 0.4) is 0 Å². The zero-order chi connectivity index (χ0) is 24.6. The standard InChI is InChI=1S/C27H24N6O3/c28-25-23-24(32-33(26(23)30-15-29-25)19-11-8-17(9-12-19)27(34)35)18-7-6-16-10-13-22(31-21(16)14-18)36-20-4-2-1-3-5-20/h1-7,10,13-15,17,19H,8-9,11-12H2,(H,34,35)(H2,28,29,30). The molecule has 6 rings (SSSR count). The van der Waals surface area contributed by atoms with E-state index in [4.69, 9.17) is 20.6 Å². The number of nitrogens with zero attached hydrogens (tertiary/aromatic N) is 5. The van der Waals surface area contributed by atoms with Crippen molar-refractivity contribution in [2.24, 2.45) is 5.92 Å². The molecule has 0 saturated heterocycles. The van der Waals surface area contributed by atoms with Crippen LogP contribution in [0.5, 0.6) is 11.6 Å². The molecule has 180 valence electrons. The van der Waals surface area contributed by atoms with Crippen LogP contribution in [-0.2, 0) is 4.79 Å². The number of para-hydroxylation sites is 1. The third-order valence-corrected chi connectivity index (χ3v) is 6.82. The normalized spacial score (nSPS) is 17.9. The minimum atomic E-state index is -0.731. The molecule has 0 radical (unpaired) electrons. The second-order valence-electron chi connectivity index (χ2n) is 9.07. The molecule has 9 heteroatoms. The molecule has 9 nitrogen and oxygen atoms in total. The summed E-state index contributed by atoms with van der Waals surface area (Å²) in [7, 11) is 0. The third kappa shape index (κ3) is 3.98. The second-order valence-corrected chi connectivity index (χ2v) is 9.07. The molecule has 3 aromatic heterocycles. The van der Waals surface area contributed by atoms with E-state index in [0.717, 1.165) is 29.3 Å². The Morgan fingerprint density at radius 1 is 1.00 bits per heavy atom. The van der Waals surface area contributed by atoms with Crippen LogP contribution in [0, 0.1) is 5.92 Å². The Morgan fingerprint density at radius 3 is 2.56 bits per heavy atom. The van der Waals surface area contributed by atoms with Crippen LogP contribution in [0.25, 0.3) is 33.2 Å². The fourth-order valence-electron chi connectivity index (χ4n) is 4.93. The van der Waals surface area contributed by atoms with Crippen LogP contribution in [0.2, 0.25) is 0 Å². The van der Waals surface area contributed by atoms with Gasteiger partial charge in [0.25, 0.3) is 0 Å². The van der Waals surface area contributed by atoms with Gasteiger partial charge in [-0.1, -0.05) is 30.3 Å². The number of hydrogen-bond acceptors (Lipinski definition) is 7. The first kappa shape index (κ1) is 22.0. The van der Waals surface area contributed by atoms with Gasteiger partial charge in [0.15, 0.2) is 5.65 Å². The maximum absolute atomic E-state index is 11.4. The number of carbonyl (C=O) groups is 1. The number of ether oxygens (including phenoxy) is 1. The van der Waals surface area contributed by atoms with E-state index in [1.165, 1.54) is 6.33 Å². The lowest BCUT2D eigenvalue weighted by Crippen LogP contribution is -2.24. The number of nitrogen functional groups attached to an aromatic ring is 1. The summed E-state index contributed by atoms with van der Waals surface area (Å²) in [5.41, 5.74) is 9.25. The van der Waals surface area contributed by atoms with Crippen molar-refractivity contribution in [3.63, 3.8) is 0 Å². The van der Waals surface area contributed by atoms with Crippen molar-refractivity contribution in [2.45, 2.75) is 31.7 Å². The molecule has 1 fully saturated rings. The van der Waals surface area contributed by atoms with Gasteiger partial charge in [-0.25, -0.2) is 19.6 Å². The Morgan fingerprint density at radius 2 is 1.78 bits per heavy atom. The number of fused-ring (bicyclic) bond motifs is 2. The predicted octanol–water partition coefficient (Wildman–Crippen LogP) is 5.23. The smallest absolute Gasteiger partial charge is 0.306 e. The lowest BCUT2D eigenvalue weighted by atomic mass is 9.86. The molecule has 0 aliphatic heterocycles. The van der Waals surface area contributed by atoms with Gasteiger partial charge < -0.3 is 15.6 Å². The van der Waals surface area contributed by atoms with Crippen LogP contribution >= 0.6 is 0 Å². The number of hydrogen-bond donors (Lipinski definition) is 2. The average molecular weight is 481 g/mol. The van der Waals surface area contributed by atoms with E-state index >= 15 is 0 Å². The highest BCUT2D eigenvalue weighted by Gasteiger charge is 2.29. The largest absolute Gasteiger partial charge is 0.481 e. The van der Waals surface area contributed by atoms with Crippen molar-refractivity contribution in [2.75, 3.05) is 5.73 Å². The van der Waals surface area contributed by atoms with Crippen LogP contribution in [0.1, 0.15) is 31.7 Å². The first-order valence-electron chi connectivity index (χ1n) is 11.9. The highest BCUT2D eigenvalue weighted by molar-refractivity contribution is 5.99. The molecule has 1 aliphatic rings. The third-order valence-electron chi connectivity index (χ3n) is 6.82. The summed E-state index contributed by atoms with van der Waals surface area (Å²) in [4.78, 5) is 24.8. The number of anilines is 1. The number of aliphatic carboxylic acids is 1. The van der Waals surface area contributed by atoms with Gasteiger partial charge in [0.05, 0.1) is 22.9 Å². The second kappa shape index (κ2) is 8.92. The number of benzene rings is 2. The maximum atomic E-state index is 11.4. The van der Waals surface area contributed by atoms with Gasteiger partial charge in [-0.15, -0.1) is 0 Å². The van der Waals surface area contributed by atoms with Crippen LogP contribution in [0.15, 0.2) is 67.0 Å². The van der Waals surface area contributed by atoms with Crippen molar-refractivity contribution in [1.82, 2.24) is 24.7 Å². The molecule has 0 unspecified atom stereocenters. The van der Waals surface area contributed by atoms with Gasteiger partial charge in [-0.2, -0.15) is 5.10 Å². The Bertz CT molecular complexity index is 1580. The van der Waals surface area contributed by atoms with E-state index in [0.29, 0.717) is 47.0 Å². The number of aromatic nitrogens is 5. The van der Waals surface area contributed by atoms with Crippen molar-refractivity contribution >= 4 is 33.7 Å². The SMILES string of the molecule is Nc1ncnc2c1c(-c1ccc3ccc(Oc4ccccc4)nc3c1)nn2C1CCC(C(=O)O)CC1. The predicted molar refractivity (Wildman–Crippen MR) is 136 cm³/mol. The number of pyridine rings is 1.